The number of urea groups is 1. The molecule has 2 rings (SSSR count). The fraction of sp³-hybridized carbons (Fsp3) is 0. The molecule has 86 valence electrons. The summed E-state index contributed by atoms with van der Waals surface area (Å²) < 4.78 is 4.85. The highest BCUT2D eigenvalue weighted by Crippen LogP contribution is 2.03. The Morgan fingerprint density at radius 1 is 1.24 bits per heavy atom. The number of hydrazone groups is 1. The van der Waals surface area contributed by atoms with Gasteiger partial charge in [0.05, 0.1) is 18.7 Å². The van der Waals surface area contributed by atoms with Crippen molar-refractivity contribution >= 4 is 17.9 Å². The summed E-state index contributed by atoms with van der Waals surface area (Å²) in [5.41, 5.74) is 3.84. The molecule has 1 aromatic carbocycles. The van der Waals surface area contributed by atoms with Crippen LogP contribution >= 0.6 is 0 Å². The van der Waals surface area contributed by atoms with Crippen molar-refractivity contribution in [1.82, 2.24) is 5.43 Å². The second-order valence-electron chi connectivity index (χ2n) is 3.25. The molecule has 1 heterocycles. The van der Waals surface area contributed by atoms with Crippen molar-refractivity contribution in [2.24, 2.45) is 5.10 Å². The Kier molecular flexibility index (Phi) is 3.54. The van der Waals surface area contributed by atoms with Crippen LogP contribution in [0.3, 0.4) is 0 Å². The standard InChI is InChI=1S/C12H11N3O2/c16-12(14-11-4-2-1-3-5-11)15-13-8-10-6-7-17-9-10/h1-9H,(H2,14,15,16)/b13-8+. The summed E-state index contributed by atoms with van der Waals surface area (Å²) >= 11 is 0. The summed E-state index contributed by atoms with van der Waals surface area (Å²) in [4.78, 5) is 11.4. The third kappa shape index (κ3) is 3.49. The maximum Gasteiger partial charge on any atom is 0.339 e. The Morgan fingerprint density at radius 3 is 2.76 bits per heavy atom. The Morgan fingerprint density at radius 2 is 2.06 bits per heavy atom. The van der Waals surface area contributed by atoms with E-state index in [2.05, 4.69) is 15.8 Å². The molecule has 5 nitrogen and oxygen atoms in total. The average Bonchev–Trinajstić information content (AvgIpc) is 2.83. The van der Waals surface area contributed by atoms with Crippen LogP contribution < -0.4 is 10.7 Å². The van der Waals surface area contributed by atoms with Crippen LogP contribution in [0.25, 0.3) is 0 Å². The first kappa shape index (κ1) is 10.9. The van der Waals surface area contributed by atoms with Gasteiger partial charge in [0.25, 0.3) is 0 Å². The second-order valence-corrected chi connectivity index (χ2v) is 3.25. The number of anilines is 1. The molecule has 0 unspecified atom stereocenters. The van der Waals surface area contributed by atoms with E-state index in [4.69, 9.17) is 4.42 Å². The molecule has 0 atom stereocenters. The predicted octanol–water partition coefficient (Wildman–Crippen LogP) is 2.44. The zero-order valence-electron chi connectivity index (χ0n) is 8.96. The number of hydrogen-bond donors (Lipinski definition) is 2. The molecule has 17 heavy (non-hydrogen) atoms. The maximum atomic E-state index is 11.4. The van der Waals surface area contributed by atoms with Crippen molar-refractivity contribution in [1.29, 1.82) is 0 Å². The van der Waals surface area contributed by atoms with Crippen molar-refractivity contribution in [3.05, 3.63) is 54.5 Å². The number of benzene rings is 1. The molecule has 0 saturated carbocycles. The lowest BCUT2D eigenvalue weighted by Gasteiger charge is -2.02. The Labute approximate surface area is 98.1 Å². The number of hydrogen-bond acceptors (Lipinski definition) is 3. The van der Waals surface area contributed by atoms with Gasteiger partial charge in [-0.25, -0.2) is 10.2 Å². The molecular weight excluding hydrogens is 218 g/mol. The van der Waals surface area contributed by atoms with Crippen LogP contribution in [0.4, 0.5) is 10.5 Å². The normalized spacial score (nSPS) is 10.4. The third-order valence-electron chi connectivity index (χ3n) is 1.95. The highest BCUT2D eigenvalue weighted by molar-refractivity contribution is 5.90. The summed E-state index contributed by atoms with van der Waals surface area (Å²) in [7, 11) is 0. The van der Waals surface area contributed by atoms with Gasteiger partial charge in [0, 0.05) is 11.3 Å². The first-order valence-corrected chi connectivity index (χ1v) is 5.02. The number of amides is 2. The number of nitrogens with one attached hydrogen (secondary N) is 2. The summed E-state index contributed by atoms with van der Waals surface area (Å²) in [6.45, 7) is 0. The lowest BCUT2D eigenvalue weighted by atomic mass is 10.3. The average molecular weight is 229 g/mol. The third-order valence-corrected chi connectivity index (χ3v) is 1.95. The minimum Gasteiger partial charge on any atom is -0.472 e. The SMILES string of the molecule is O=C(N/N=C/c1ccoc1)Nc1ccccc1. The number of nitrogens with zero attached hydrogens (tertiary/aromatic N) is 1. The number of carbonyl (C=O) groups excluding carboxylic acids is 1. The molecule has 0 spiro atoms. The molecule has 0 radical (unpaired) electrons. The quantitative estimate of drug-likeness (QED) is 0.627. The highest BCUT2D eigenvalue weighted by atomic mass is 16.3. The van der Waals surface area contributed by atoms with Crippen LogP contribution in [-0.4, -0.2) is 12.2 Å². The Hall–Kier alpha value is -2.56. The van der Waals surface area contributed by atoms with Crippen molar-refractivity contribution < 1.29 is 9.21 Å². The van der Waals surface area contributed by atoms with E-state index in [9.17, 15) is 4.79 Å². The van der Waals surface area contributed by atoms with Gasteiger partial charge in [-0.1, -0.05) is 18.2 Å². The molecule has 2 N–H and O–H groups in total. The summed E-state index contributed by atoms with van der Waals surface area (Å²) in [5, 5.41) is 6.40. The van der Waals surface area contributed by atoms with Crippen LogP contribution in [-0.2, 0) is 0 Å². The lowest BCUT2D eigenvalue weighted by Crippen LogP contribution is -2.24. The molecule has 0 fully saturated rings. The minimum atomic E-state index is -0.393. The van der Waals surface area contributed by atoms with E-state index < -0.39 is 6.03 Å². The van der Waals surface area contributed by atoms with Crippen LogP contribution in [0.1, 0.15) is 5.56 Å². The zero-order chi connectivity index (χ0) is 11.9. The van der Waals surface area contributed by atoms with Gasteiger partial charge in [-0.3, -0.25) is 0 Å². The predicted molar refractivity (Wildman–Crippen MR) is 64.9 cm³/mol. The lowest BCUT2D eigenvalue weighted by molar-refractivity contribution is 0.252. The molecule has 5 heteroatoms. The largest absolute Gasteiger partial charge is 0.472 e. The van der Waals surface area contributed by atoms with Gasteiger partial charge in [-0.05, 0) is 18.2 Å². The number of carbonyl (C=O) groups is 1. The first-order valence-electron chi connectivity index (χ1n) is 5.02. The van der Waals surface area contributed by atoms with Crippen LogP contribution in [0.5, 0.6) is 0 Å². The molecule has 0 aliphatic heterocycles. The molecular formula is C12H11N3O2. The van der Waals surface area contributed by atoms with Gasteiger partial charge in [0.1, 0.15) is 0 Å². The molecule has 0 saturated heterocycles. The van der Waals surface area contributed by atoms with E-state index >= 15 is 0 Å². The van der Waals surface area contributed by atoms with E-state index in [0.29, 0.717) is 5.69 Å². The van der Waals surface area contributed by atoms with Crippen molar-refractivity contribution in [3.8, 4) is 0 Å². The van der Waals surface area contributed by atoms with Gasteiger partial charge >= 0.3 is 6.03 Å². The van der Waals surface area contributed by atoms with Crippen LogP contribution in [0, 0.1) is 0 Å². The van der Waals surface area contributed by atoms with Crippen molar-refractivity contribution in [3.63, 3.8) is 0 Å². The number of rotatable bonds is 3. The van der Waals surface area contributed by atoms with Gasteiger partial charge < -0.3 is 9.73 Å². The first-order chi connectivity index (χ1) is 8.34. The van der Waals surface area contributed by atoms with E-state index in [1.54, 1.807) is 18.2 Å². The Bertz CT molecular complexity index is 492. The van der Waals surface area contributed by atoms with Gasteiger partial charge in [0.15, 0.2) is 0 Å². The Balaban J connectivity index is 1.82. The second kappa shape index (κ2) is 5.50. The maximum absolute atomic E-state index is 11.4. The molecule has 0 bridgehead atoms. The number of furan rings is 1. The van der Waals surface area contributed by atoms with Gasteiger partial charge in [0.2, 0.25) is 0 Å². The minimum absolute atomic E-state index is 0.393. The smallest absolute Gasteiger partial charge is 0.339 e. The van der Waals surface area contributed by atoms with E-state index in [0.717, 1.165) is 5.56 Å². The summed E-state index contributed by atoms with van der Waals surface area (Å²) in [5.74, 6) is 0. The fourth-order valence-corrected chi connectivity index (χ4v) is 1.19. The van der Waals surface area contributed by atoms with Gasteiger partial charge in [-0.15, -0.1) is 0 Å². The molecule has 0 aliphatic rings. The van der Waals surface area contributed by atoms with Crippen molar-refractivity contribution in [2.75, 3.05) is 5.32 Å². The monoisotopic (exact) mass is 229 g/mol. The fourth-order valence-electron chi connectivity index (χ4n) is 1.19. The zero-order valence-corrected chi connectivity index (χ0v) is 8.96. The van der Waals surface area contributed by atoms with E-state index in [1.807, 2.05) is 18.2 Å². The van der Waals surface area contributed by atoms with Crippen LogP contribution in [0.2, 0.25) is 0 Å². The summed E-state index contributed by atoms with van der Waals surface area (Å²) in [6.07, 6.45) is 4.56. The molecule has 2 amide bonds. The molecule has 1 aromatic heterocycles. The molecule has 2 aromatic rings. The van der Waals surface area contributed by atoms with E-state index in [-0.39, 0.29) is 0 Å². The van der Waals surface area contributed by atoms with Crippen molar-refractivity contribution in [2.45, 2.75) is 0 Å². The topological polar surface area (TPSA) is 66.6 Å². The molecule has 0 aliphatic carbocycles. The highest BCUT2D eigenvalue weighted by Gasteiger charge is 1.97. The van der Waals surface area contributed by atoms with Crippen LogP contribution in [0.15, 0.2) is 58.4 Å². The summed E-state index contributed by atoms with van der Waals surface area (Å²) in [6, 6.07) is 10.5. The van der Waals surface area contributed by atoms with Gasteiger partial charge in [-0.2, -0.15) is 5.10 Å². The van der Waals surface area contributed by atoms with E-state index in [1.165, 1.54) is 18.7 Å². The number of para-hydroxylation sites is 1.